The van der Waals surface area contributed by atoms with Crippen molar-refractivity contribution in [2.45, 2.75) is 19.9 Å². The number of nitrogens with one attached hydrogen (secondary N) is 1. The van der Waals surface area contributed by atoms with Gasteiger partial charge in [-0.1, -0.05) is 13.8 Å². The van der Waals surface area contributed by atoms with Crippen LogP contribution in [-0.2, 0) is 14.3 Å². The summed E-state index contributed by atoms with van der Waals surface area (Å²) >= 11 is 0. The minimum absolute atomic E-state index is 0.0000416. The molecule has 71 valence electrons. The first-order chi connectivity index (χ1) is 5.59. The van der Waals surface area contributed by atoms with Crippen molar-refractivity contribution in [3.63, 3.8) is 0 Å². The van der Waals surface area contributed by atoms with Crippen LogP contribution in [-0.4, -0.2) is 32.3 Å². The Morgan fingerprint density at radius 3 is 2.42 bits per heavy atom. The van der Waals surface area contributed by atoms with E-state index in [1.54, 1.807) is 0 Å². The molecular formula is C8H16NO3. The maximum Gasteiger partial charge on any atom is 0.324 e. The van der Waals surface area contributed by atoms with Gasteiger partial charge in [-0.05, 0) is 5.92 Å². The second-order valence-electron chi connectivity index (χ2n) is 2.88. The van der Waals surface area contributed by atoms with Crippen molar-refractivity contribution < 1.29 is 14.3 Å². The van der Waals surface area contributed by atoms with Gasteiger partial charge in [0.25, 0.3) is 0 Å². The molecule has 1 radical (unpaired) electrons. The number of carbonyl (C=O) groups is 1. The van der Waals surface area contributed by atoms with Crippen LogP contribution in [0.5, 0.6) is 0 Å². The van der Waals surface area contributed by atoms with Gasteiger partial charge < -0.3 is 9.47 Å². The molecule has 0 spiro atoms. The van der Waals surface area contributed by atoms with Crippen LogP contribution in [0, 0.1) is 5.92 Å². The molecule has 0 saturated heterocycles. The van der Waals surface area contributed by atoms with E-state index in [-0.39, 0.29) is 12.5 Å². The normalized spacial score (nSPS) is 13.1. The summed E-state index contributed by atoms with van der Waals surface area (Å²) in [6.07, 6.45) is 0. The molecule has 4 nitrogen and oxygen atoms in total. The fourth-order valence-corrected chi connectivity index (χ4v) is 0.588. The van der Waals surface area contributed by atoms with Gasteiger partial charge in [0, 0.05) is 7.11 Å². The summed E-state index contributed by atoms with van der Waals surface area (Å²) in [6.45, 7) is 4.25. The van der Waals surface area contributed by atoms with Crippen LogP contribution in [0.2, 0.25) is 0 Å². The van der Waals surface area contributed by atoms with Gasteiger partial charge in [0.1, 0.15) is 12.6 Å². The van der Waals surface area contributed by atoms with Gasteiger partial charge in [-0.3, -0.25) is 4.79 Å². The first-order valence-electron chi connectivity index (χ1n) is 3.96. The standard InChI is InChI=1S/C8H16NO3/c1-6(2)7(9)8(10)12-5-4-11-3/h6-7,9H,4-5H2,1-3H3. The average Bonchev–Trinajstić information content (AvgIpc) is 2.03. The molecule has 0 bridgehead atoms. The highest BCUT2D eigenvalue weighted by molar-refractivity contribution is 5.75. The quantitative estimate of drug-likeness (QED) is 0.450. The van der Waals surface area contributed by atoms with Crippen LogP contribution in [0.3, 0.4) is 0 Å². The highest BCUT2D eigenvalue weighted by Crippen LogP contribution is 2.01. The molecule has 0 rings (SSSR count). The summed E-state index contributed by atoms with van der Waals surface area (Å²) < 4.78 is 9.45. The summed E-state index contributed by atoms with van der Waals surface area (Å²) in [4.78, 5) is 11.0. The Labute approximate surface area is 73.0 Å². The zero-order chi connectivity index (χ0) is 9.56. The number of methoxy groups -OCH3 is 1. The Bertz CT molecular complexity index is 136. The number of carbonyl (C=O) groups excluding carboxylic acids is 1. The molecule has 4 heteroatoms. The van der Waals surface area contributed by atoms with Crippen LogP contribution in [0.1, 0.15) is 13.8 Å². The van der Waals surface area contributed by atoms with E-state index in [1.807, 2.05) is 13.8 Å². The molecular weight excluding hydrogens is 158 g/mol. The maximum absolute atomic E-state index is 11.0. The van der Waals surface area contributed by atoms with Crippen molar-refractivity contribution in [3.8, 4) is 0 Å². The highest BCUT2D eigenvalue weighted by atomic mass is 16.6. The van der Waals surface area contributed by atoms with Crippen molar-refractivity contribution in [2.75, 3.05) is 20.3 Å². The van der Waals surface area contributed by atoms with Gasteiger partial charge in [0.2, 0.25) is 0 Å². The average molecular weight is 174 g/mol. The third kappa shape index (κ3) is 4.31. The molecule has 0 saturated carbocycles. The first-order valence-corrected chi connectivity index (χ1v) is 3.96. The number of ether oxygens (including phenoxy) is 2. The zero-order valence-corrected chi connectivity index (χ0v) is 7.79. The SMILES string of the molecule is COCCOC(=O)C([NH])C(C)C. The van der Waals surface area contributed by atoms with Crippen molar-refractivity contribution in [2.24, 2.45) is 5.92 Å². The molecule has 0 heterocycles. The number of hydrogen-bond donors (Lipinski definition) is 0. The van der Waals surface area contributed by atoms with Gasteiger partial charge in [-0.2, -0.15) is 0 Å². The summed E-state index contributed by atoms with van der Waals surface area (Å²) in [6, 6.07) is -0.776. The minimum Gasteiger partial charge on any atom is -0.462 e. The summed E-state index contributed by atoms with van der Waals surface area (Å²) in [5, 5.41) is 0. The largest absolute Gasteiger partial charge is 0.462 e. The Balaban J connectivity index is 3.57. The third-order valence-electron chi connectivity index (χ3n) is 1.45. The molecule has 0 aliphatic rings. The van der Waals surface area contributed by atoms with Crippen molar-refractivity contribution in [1.29, 1.82) is 0 Å². The Kier molecular flexibility index (Phi) is 5.66. The second-order valence-corrected chi connectivity index (χ2v) is 2.88. The van der Waals surface area contributed by atoms with Gasteiger partial charge in [0.15, 0.2) is 0 Å². The van der Waals surface area contributed by atoms with Crippen molar-refractivity contribution in [1.82, 2.24) is 5.73 Å². The van der Waals surface area contributed by atoms with Crippen LogP contribution >= 0.6 is 0 Å². The van der Waals surface area contributed by atoms with Crippen molar-refractivity contribution >= 4 is 5.97 Å². The van der Waals surface area contributed by atoms with E-state index < -0.39 is 12.0 Å². The Morgan fingerprint density at radius 1 is 1.42 bits per heavy atom. The van der Waals surface area contributed by atoms with Crippen LogP contribution in [0.15, 0.2) is 0 Å². The van der Waals surface area contributed by atoms with Gasteiger partial charge in [-0.15, -0.1) is 0 Å². The van der Waals surface area contributed by atoms with E-state index >= 15 is 0 Å². The van der Waals surface area contributed by atoms with E-state index in [0.717, 1.165) is 0 Å². The van der Waals surface area contributed by atoms with Crippen LogP contribution in [0.4, 0.5) is 0 Å². The Hall–Kier alpha value is -0.610. The van der Waals surface area contributed by atoms with Gasteiger partial charge in [-0.25, -0.2) is 5.73 Å². The van der Waals surface area contributed by atoms with Crippen molar-refractivity contribution in [3.05, 3.63) is 0 Å². The molecule has 0 aliphatic heterocycles. The predicted octanol–water partition coefficient (Wildman–Crippen LogP) is 0.483. The topological polar surface area (TPSA) is 59.3 Å². The molecule has 0 amide bonds. The second kappa shape index (κ2) is 5.97. The smallest absolute Gasteiger partial charge is 0.324 e. The van der Waals surface area contributed by atoms with Gasteiger partial charge in [0.05, 0.1) is 6.61 Å². The molecule has 0 aliphatic carbocycles. The molecule has 1 atom stereocenters. The number of rotatable bonds is 5. The lowest BCUT2D eigenvalue weighted by atomic mass is 10.1. The zero-order valence-electron chi connectivity index (χ0n) is 7.79. The van der Waals surface area contributed by atoms with E-state index in [0.29, 0.717) is 6.61 Å². The van der Waals surface area contributed by atoms with Gasteiger partial charge >= 0.3 is 5.97 Å². The van der Waals surface area contributed by atoms with E-state index in [2.05, 4.69) is 0 Å². The van der Waals surface area contributed by atoms with Crippen LogP contribution in [0.25, 0.3) is 0 Å². The molecule has 0 aromatic heterocycles. The monoisotopic (exact) mass is 174 g/mol. The maximum atomic E-state index is 11.0. The lowest BCUT2D eigenvalue weighted by molar-refractivity contribution is -0.147. The summed E-state index contributed by atoms with van der Waals surface area (Å²) in [7, 11) is 1.54. The summed E-state index contributed by atoms with van der Waals surface area (Å²) in [5.41, 5.74) is 7.35. The molecule has 0 aromatic rings. The van der Waals surface area contributed by atoms with E-state index in [4.69, 9.17) is 15.2 Å². The minimum atomic E-state index is -0.776. The number of hydrogen-bond acceptors (Lipinski definition) is 3. The Morgan fingerprint density at radius 2 is 2.00 bits per heavy atom. The van der Waals surface area contributed by atoms with E-state index in [1.165, 1.54) is 7.11 Å². The lowest BCUT2D eigenvalue weighted by Gasteiger charge is -2.12. The van der Waals surface area contributed by atoms with Crippen LogP contribution < -0.4 is 5.73 Å². The third-order valence-corrected chi connectivity index (χ3v) is 1.45. The fraction of sp³-hybridized carbons (Fsp3) is 0.875. The molecule has 1 unspecified atom stereocenters. The number of esters is 1. The fourth-order valence-electron chi connectivity index (χ4n) is 0.588. The lowest BCUT2D eigenvalue weighted by Crippen LogP contribution is -2.30. The first kappa shape index (κ1) is 11.4. The highest BCUT2D eigenvalue weighted by Gasteiger charge is 2.18. The molecule has 0 aromatic carbocycles. The molecule has 12 heavy (non-hydrogen) atoms. The summed E-state index contributed by atoms with van der Waals surface area (Å²) in [5.74, 6) is -0.470. The molecule has 1 N–H and O–H groups in total. The molecule has 0 fully saturated rings. The predicted molar refractivity (Wildman–Crippen MR) is 44.6 cm³/mol. The van der Waals surface area contributed by atoms with E-state index in [9.17, 15) is 4.79 Å².